The molecule has 1 amide bonds. The van der Waals surface area contributed by atoms with Crippen molar-refractivity contribution in [3.05, 3.63) is 90.3 Å². The highest BCUT2D eigenvalue weighted by Gasteiger charge is 2.25. The summed E-state index contributed by atoms with van der Waals surface area (Å²) in [6.07, 6.45) is 5.54. The number of aromatic nitrogens is 2. The number of ether oxygens (including phenoxy) is 1. The number of thioether (sulfide) groups is 1. The average Bonchev–Trinajstić information content (AvgIpc) is 3.31. The number of rotatable bonds is 6. The SMILES string of the molecule is COc1cc2ccccc2cc1C(=O)N(Cc1cccnc1)c1nc2c(SC)cccc2s1. The second-order valence-corrected chi connectivity index (χ2v) is 9.31. The Bertz CT molecular complexity index is 1450. The van der Waals surface area contributed by atoms with E-state index in [2.05, 4.69) is 11.1 Å². The second kappa shape index (κ2) is 9.21. The second-order valence-electron chi connectivity index (χ2n) is 7.46. The minimum atomic E-state index is -0.161. The molecule has 0 atom stereocenters. The normalized spacial score (nSPS) is 11.1. The van der Waals surface area contributed by atoms with Gasteiger partial charge in [-0.25, -0.2) is 4.98 Å². The summed E-state index contributed by atoms with van der Waals surface area (Å²) in [6, 6.07) is 21.7. The van der Waals surface area contributed by atoms with E-state index in [1.165, 1.54) is 11.3 Å². The van der Waals surface area contributed by atoms with Crippen molar-refractivity contribution < 1.29 is 9.53 Å². The van der Waals surface area contributed by atoms with Gasteiger partial charge in [0.05, 0.1) is 29.4 Å². The van der Waals surface area contributed by atoms with E-state index >= 15 is 0 Å². The van der Waals surface area contributed by atoms with Crippen molar-refractivity contribution in [2.45, 2.75) is 11.4 Å². The number of nitrogens with zero attached hydrogens (tertiary/aromatic N) is 3. The zero-order chi connectivity index (χ0) is 22.8. The molecule has 164 valence electrons. The van der Waals surface area contributed by atoms with Crippen LogP contribution < -0.4 is 9.64 Å². The van der Waals surface area contributed by atoms with Crippen molar-refractivity contribution in [3.8, 4) is 5.75 Å². The van der Waals surface area contributed by atoms with E-state index in [0.717, 1.165) is 31.4 Å². The van der Waals surface area contributed by atoms with Crippen molar-refractivity contribution >= 4 is 55.1 Å². The molecule has 2 aromatic heterocycles. The maximum absolute atomic E-state index is 14.0. The Morgan fingerprint density at radius 2 is 1.88 bits per heavy atom. The molecule has 0 radical (unpaired) electrons. The van der Waals surface area contributed by atoms with Crippen LogP contribution in [0.25, 0.3) is 21.0 Å². The fraction of sp³-hybridized carbons (Fsp3) is 0.115. The highest BCUT2D eigenvalue weighted by molar-refractivity contribution is 7.98. The van der Waals surface area contributed by atoms with Crippen molar-refractivity contribution in [2.75, 3.05) is 18.3 Å². The smallest absolute Gasteiger partial charge is 0.264 e. The Hall–Kier alpha value is -3.42. The highest BCUT2D eigenvalue weighted by atomic mass is 32.2. The third-order valence-corrected chi connectivity index (χ3v) is 7.24. The van der Waals surface area contributed by atoms with Gasteiger partial charge in [0.2, 0.25) is 0 Å². The number of carbonyl (C=O) groups excluding carboxylic acids is 1. The van der Waals surface area contributed by atoms with Gasteiger partial charge in [0, 0.05) is 17.3 Å². The predicted octanol–water partition coefficient (Wildman–Crippen LogP) is 6.42. The topological polar surface area (TPSA) is 55.3 Å². The molecular weight excluding hydrogens is 450 g/mol. The van der Waals surface area contributed by atoms with E-state index < -0.39 is 0 Å². The van der Waals surface area contributed by atoms with Crippen molar-refractivity contribution in [1.82, 2.24) is 9.97 Å². The van der Waals surface area contributed by atoms with Gasteiger partial charge in [-0.3, -0.25) is 14.7 Å². The third-order valence-electron chi connectivity index (χ3n) is 5.43. The van der Waals surface area contributed by atoms with E-state index in [4.69, 9.17) is 9.72 Å². The maximum atomic E-state index is 14.0. The van der Waals surface area contributed by atoms with Gasteiger partial charge < -0.3 is 4.74 Å². The minimum Gasteiger partial charge on any atom is -0.496 e. The van der Waals surface area contributed by atoms with Crippen LogP contribution in [0.4, 0.5) is 5.13 Å². The van der Waals surface area contributed by atoms with Gasteiger partial charge in [0.25, 0.3) is 5.91 Å². The molecule has 0 unspecified atom stereocenters. The van der Waals surface area contributed by atoms with Gasteiger partial charge >= 0.3 is 0 Å². The summed E-state index contributed by atoms with van der Waals surface area (Å²) < 4.78 is 6.67. The molecular formula is C26H21N3O2S2. The first-order chi connectivity index (χ1) is 16.2. The Kier molecular flexibility index (Phi) is 5.98. The molecule has 0 N–H and O–H groups in total. The summed E-state index contributed by atoms with van der Waals surface area (Å²) in [6.45, 7) is 0.358. The fourth-order valence-electron chi connectivity index (χ4n) is 3.79. The average molecular weight is 472 g/mol. The van der Waals surface area contributed by atoms with Crippen LogP contribution >= 0.6 is 23.1 Å². The van der Waals surface area contributed by atoms with Gasteiger partial charge in [0.1, 0.15) is 5.75 Å². The summed E-state index contributed by atoms with van der Waals surface area (Å²) >= 11 is 3.16. The predicted molar refractivity (Wildman–Crippen MR) is 137 cm³/mol. The van der Waals surface area contributed by atoms with Crippen molar-refractivity contribution in [2.24, 2.45) is 0 Å². The van der Waals surface area contributed by atoms with E-state index in [-0.39, 0.29) is 5.91 Å². The van der Waals surface area contributed by atoms with Crippen molar-refractivity contribution in [3.63, 3.8) is 0 Å². The van der Waals surface area contributed by atoms with Gasteiger partial charge in [-0.05, 0) is 52.9 Å². The molecule has 7 heteroatoms. The van der Waals surface area contributed by atoms with Crippen LogP contribution in [0, 0.1) is 0 Å². The number of amides is 1. The Morgan fingerprint density at radius 3 is 2.61 bits per heavy atom. The van der Waals surface area contributed by atoms with Gasteiger partial charge in [-0.15, -0.1) is 11.8 Å². The summed E-state index contributed by atoms with van der Waals surface area (Å²) in [5.74, 6) is 0.381. The van der Waals surface area contributed by atoms with Crippen LogP contribution in [0.15, 0.2) is 84.0 Å². The molecule has 3 aromatic carbocycles. The molecule has 5 aromatic rings. The van der Waals surface area contributed by atoms with Crippen LogP contribution in [0.2, 0.25) is 0 Å². The number of hydrogen-bond acceptors (Lipinski definition) is 6. The van der Waals surface area contributed by atoms with E-state index in [0.29, 0.717) is 23.0 Å². The summed E-state index contributed by atoms with van der Waals surface area (Å²) in [4.78, 5) is 25.9. The van der Waals surface area contributed by atoms with Crippen molar-refractivity contribution in [1.29, 1.82) is 0 Å². The quantitative estimate of drug-likeness (QED) is 0.267. The molecule has 0 bridgehead atoms. The first-order valence-electron chi connectivity index (χ1n) is 10.4. The van der Waals surface area contributed by atoms with Gasteiger partial charge in [-0.2, -0.15) is 0 Å². The standard InChI is InChI=1S/C26H21N3O2S2/c1-31-21-14-19-9-4-3-8-18(19)13-20(21)25(30)29(16-17-7-6-12-27-15-17)26-28-24-22(32-2)10-5-11-23(24)33-26/h3-15H,16H2,1-2H3. The molecule has 0 fully saturated rings. The summed E-state index contributed by atoms with van der Waals surface area (Å²) in [5.41, 5.74) is 2.35. The minimum absolute atomic E-state index is 0.161. The van der Waals surface area contributed by atoms with Crippen LogP contribution in [0.3, 0.4) is 0 Å². The number of thiazole rings is 1. The summed E-state index contributed by atoms with van der Waals surface area (Å²) in [5, 5.41) is 2.65. The lowest BCUT2D eigenvalue weighted by Crippen LogP contribution is -2.30. The fourth-order valence-corrected chi connectivity index (χ4v) is 5.41. The number of pyridine rings is 1. The number of benzene rings is 3. The number of hydrogen-bond donors (Lipinski definition) is 0. The Labute approximate surface area is 200 Å². The Balaban J connectivity index is 1.65. The largest absolute Gasteiger partial charge is 0.496 e. The molecule has 5 rings (SSSR count). The maximum Gasteiger partial charge on any atom is 0.264 e. The first kappa shape index (κ1) is 21.4. The van der Waals surface area contributed by atoms with E-state index in [1.807, 2.05) is 66.9 Å². The van der Waals surface area contributed by atoms with Crippen LogP contribution in [0.5, 0.6) is 5.75 Å². The third kappa shape index (κ3) is 4.17. The number of fused-ring (bicyclic) bond motifs is 2. The van der Waals surface area contributed by atoms with Gasteiger partial charge in [-0.1, -0.05) is 47.7 Å². The monoisotopic (exact) mass is 471 g/mol. The number of para-hydroxylation sites is 1. The lowest BCUT2D eigenvalue weighted by Gasteiger charge is -2.21. The number of anilines is 1. The first-order valence-corrected chi connectivity index (χ1v) is 12.4. The van der Waals surface area contributed by atoms with E-state index in [1.54, 1.807) is 36.2 Å². The zero-order valence-corrected chi connectivity index (χ0v) is 19.8. The molecule has 0 aliphatic heterocycles. The molecule has 0 aliphatic carbocycles. The molecule has 2 heterocycles. The molecule has 0 spiro atoms. The van der Waals surface area contributed by atoms with E-state index in [9.17, 15) is 4.79 Å². The highest BCUT2D eigenvalue weighted by Crippen LogP contribution is 2.36. The number of carbonyl (C=O) groups is 1. The summed E-state index contributed by atoms with van der Waals surface area (Å²) in [7, 11) is 1.59. The van der Waals surface area contributed by atoms with Gasteiger partial charge in [0.15, 0.2) is 5.13 Å². The molecule has 0 saturated heterocycles. The Morgan fingerprint density at radius 1 is 1.06 bits per heavy atom. The zero-order valence-electron chi connectivity index (χ0n) is 18.2. The number of methoxy groups -OCH3 is 1. The van der Waals surface area contributed by atoms with Crippen LogP contribution in [0.1, 0.15) is 15.9 Å². The molecule has 0 aliphatic rings. The lowest BCUT2D eigenvalue weighted by molar-refractivity contribution is 0.0982. The lowest BCUT2D eigenvalue weighted by atomic mass is 10.0. The van der Waals surface area contributed by atoms with Crippen LogP contribution in [-0.4, -0.2) is 29.2 Å². The molecule has 0 saturated carbocycles. The molecule has 5 nitrogen and oxygen atoms in total. The van der Waals surface area contributed by atoms with Crippen LogP contribution in [-0.2, 0) is 6.54 Å². The molecule has 33 heavy (non-hydrogen) atoms.